The van der Waals surface area contributed by atoms with Gasteiger partial charge in [-0.1, -0.05) is 27.7 Å². The molecule has 2 N–H and O–H groups in total. The molecule has 3 nitrogen and oxygen atoms in total. The third-order valence-corrected chi connectivity index (χ3v) is 2.34. The Hall–Kier alpha value is -0.570. The molecule has 0 aromatic carbocycles. The highest BCUT2D eigenvalue weighted by atomic mass is 16.2. The fraction of sp³-hybridized carbons (Fsp3) is 0.923. The first kappa shape index (κ1) is 15.4. The molecule has 0 radical (unpaired) electrons. The zero-order valence-electron chi connectivity index (χ0n) is 11.5. The van der Waals surface area contributed by atoms with Crippen molar-refractivity contribution in [2.24, 2.45) is 17.6 Å². The first-order chi connectivity index (χ1) is 7.32. The lowest BCUT2D eigenvalue weighted by atomic mass is 10.1. The number of hydrogen-bond donors (Lipinski definition) is 1. The summed E-state index contributed by atoms with van der Waals surface area (Å²) in [6.07, 6.45) is 1.36. The summed E-state index contributed by atoms with van der Waals surface area (Å²) in [5, 5.41) is 0. The standard InChI is InChI=1S/C13H28N2O/c1-10(2)8-15(9-11(3)4)13(16)7-6-12(5)14/h10-12H,6-9,14H2,1-5H3. The van der Waals surface area contributed by atoms with Gasteiger partial charge in [0.05, 0.1) is 0 Å². The lowest BCUT2D eigenvalue weighted by Crippen LogP contribution is -2.37. The topological polar surface area (TPSA) is 46.3 Å². The van der Waals surface area contributed by atoms with E-state index in [9.17, 15) is 4.79 Å². The van der Waals surface area contributed by atoms with Gasteiger partial charge in [-0.2, -0.15) is 0 Å². The van der Waals surface area contributed by atoms with Crippen LogP contribution in [0.2, 0.25) is 0 Å². The van der Waals surface area contributed by atoms with Crippen LogP contribution >= 0.6 is 0 Å². The number of carbonyl (C=O) groups is 1. The Bertz CT molecular complexity index is 190. The third kappa shape index (κ3) is 7.69. The van der Waals surface area contributed by atoms with Gasteiger partial charge in [0.25, 0.3) is 0 Å². The molecule has 0 fully saturated rings. The average molecular weight is 228 g/mol. The zero-order valence-corrected chi connectivity index (χ0v) is 11.5. The fourth-order valence-corrected chi connectivity index (χ4v) is 1.67. The molecule has 0 saturated heterocycles. The Morgan fingerprint density at radius 1 is 1.06 bits per heavy atom. The van der Waals surface area contributed by atoms with Gasteiger partial charge in [0, 0.05) is 25.6 Å². The molecular weight excluding hydrogens is 200 g/mol. The van der Waals surface area contributed by atoms with Crippen molar-refractivity contribution in [2.45, 2.75) is 53.5 Å². The van der Waals surface area contributed by atoms with E-state index >= 15 is 0 Å². The van der Waals surface area contributed by atoms with E-state index in [0.29, 0.717) is 18.3 Å². The maximum Gasteiger partial charge on any atom is 0.222 e. The smallest absolute Gasteiger partial charge is 0.222 e. The van der Waals surface area contributed by atoms with Gasteiger partial charge in [-0.05, 0) is 25.2 Å². The van der Waals surface area contributed by atoms with Crippen LogP contribution in [0.15, 0.2) is 0 Å². The molecule has 96 valence electrons. The lowest BCUT2D eigenvalue weighted by molar-refractivity contribution is -0.132. The normalized spacial score (nSPS) is 13.2. The molecule has 1 amide bonds. The molecule has 0 spiro atoms. The summed E-state index contributed by atoms with van der Waals surface area (Å²) in [5.41, 5.74) is 5.67. The van der Waals surface area contributed by atoms with Crippen LogP contribution in [0.25, 0.3) is 0 Å². The van der Waals surface area contributed by atoms with Crippen LogP contribution in [0, 0.1) is 11.8 Å². The van der Waals surface area contributed by atoms with Crippen LogP contribution in [0.1, 0.15) is 47.5 Å². The maximum absolute atomic E-state index is 12.0. The SMILES string of the molecule is CC(C)CN(CC(C)C)C(=O)CCC(C)N. The van der Waals surface area contributed by atoms with Crippen LogP contribution in [0.5, 0.6) is 0 Å². The van der Waals surface area contributed by atoms with Crippen molar-refractivity contribution in [3.63, 3.8) is 0 Å². The van der Waals surface area contributed by atoms with E-state index in [-0.39, 0.29) is 11.9 Å². The summed E-state index contributed by atoms with van der Waals surface area (Å²) in [6.45, 7) is 12.2. The van der Waals surface area contributed by atoms with Gasteiger partial charge in [-0.3, -0.25) is 4.79 Å². The third-order valence-electron chi connectivity index (χ3n) is 2.34. The molecule has 0 aliphatic carbocycles. The van der Waals surface area contributed by atoms with Gasteiger partial charge in [-0.25, -0.2) is 0 Å². The second-order valence-corrected chi connectivity index (χ2v) is 5.60. The van der Waals surface area contributed by atoms with Crippen LogP contribution in [-0.2, 0) is 4.79 Å². The zero-order chi connectivity index (χ0) is 12.7. The Morgan fingerprint density at radius 2 is 1.50 bits per heavy atom. The molecule has 0 bridgehead atoms. The van der Waals surface area contributed by atoms with E-state index in [4.69, 9.17) is 5.73 Å². The number of nitrogens with zero attached hydrogens (tertiary/aromatic N) is 1. The van der Waals surface area contributed by atoms with Crippen LogP contribution in [0.4, 0.5) is 0 Å². The van der Waals surface area contributed by atoms with Gasteiger partial charge >= 0.3 is 0 Å². The molecule has 0 aliphatic rings. The Balaban J connectivity index is 4.20. The maximum atomic E-state index is 12.0. The van der Waals surface area contributed by atoms with E-state index in [1.54, 1.807) is 0 Å². The minimum absolute atomic E-state index is 0.115. The minimum Gasteiger partial charge on any atom is -0.342 e. The van der Waals surface area contributed by atoms with E-state index in [1.807, 2.05) is 11.8 Å². The van der Waals surface area contributed by atoms with Gasteiger partial charge in [0.2, 0.25) is 5.91 Å². The van der Waals surface area contributed by atoms with Gasteiger partial charge < -0.3 is 10.6 Å². The number of hydrogen-bond acceptors (Lipinski definition) is 2. The summed E-state index contributed by atoms with van der Waals surface area (Å²) in [4.78, 5) is 14.0. The first-order valence-corrected chi connectivity index (χ1v) is 6.36. The van der Waals surface area contributed by atoms with Crippen molar-refractivity contribution in [3.05, 3.63) is 0 Å². The molecule has 1 unspecified atom stereocenters. The molecular formula is C13H28N2O. The highest BCUT2D eigenvalue weighted by molar-refractivity contribution is 5.76. The van der Waals surface area contributed by atoms with Gasteiger partial charge in [0.1, 0.15) is 0 Å². The predicted octanol–water partition coefficient (Wildman–Crippen LogP) is 2.25. The van der Waals surface area contributed by atoms with Crippen molar-refractivity contribution in [2.75, 3.05) is 13.1 Å². The minimum atomic E-state index is 0.115. The Morgan fingerprint density at radius 3 is 1.81 bits per heavy atom. The molecule has 0 aliphatic heterocycles. The monoisotopic (exact) mass is 228 g/mol. The van der Waals surface area contributed by atoms with E-state index in [1.165, 1.54) is 0 Å². The largest absolute Gasteiger partial charge is 0.342 e. The second kappa shape index (κ2) is 7.66. The predicted molar refractivity (Wildman–Crippen MR) is 69.1 cm³/mol. The average Bonchev–Trinajstić information content (AvgIpc) is 2.11. The summed E-state index contributed by atoms with van der Waals surface area (Å²) in [7, 11) is 0. The van der Waals surface area contributed by atoms with Crippen molar-refractivity contribution in [1.82, 2.24) is 4.90 Å². The highest BCUT2D eigenvalue weighted by Crippen LogP contribution is 2.07. The van der Waals surface area contributed by atoms with Crippen LogP contribution in [0.3, 0.4) is 0 Å². The van der Waals surface area contributed by atoms with E-state index < -0.39 is 0 Å². The van der Waals surface area contributed by atoms with E-state index in [2.05, 4.69) is 27.7 Å². The summed E-state index contributed by atoms with van der Waals surface area (Å²) in [5.74, 6) is 1.30. The highest BCUT2D eigenvalue weighted by Gasteiger charge is 2.16. The number of nitrogens with two attached hydrogens (primary N) is 1. The van der Waals surface area contributed by atoms with Gasteiger partial charge in [0.15, 0.2) is 0 Å². The number of carbonyl (C=O) groups excluding carboxylic acids is 1. The number of rotatable bonds is 7. The number of amides is 1. The van der Waals surface area contributed by atoms with E-state index in [0.717, 1.165) is 19.5 Å². The molecule has 0 aromatic heterocycles. The van der Waals surface area contributed by atoms with Crippen molar-refractivity contribution < 1.29 is 4.79 Å². The van der Waals surface area contributed by atoms with Crippen molar-refractivity contribution in [1.29, 1.82) is 0 Å². The molecule has 0 saturated carbocycles. The fourth-order valence-electron chi connectivity index (χ4n) is 1.67. The lowest BCUT2D eigenvalue weighted by Gasteiger charge is -2.26. The second-order valence-electron chi connectivity index (χ2n) is 5.60. The first-order valence-electron chi connectivity index (χ1n) is 6.36. The summed E-state index contributed by atoms with van der Waals surface area (Å²) in [6, 6.07) is 0.115. The summed E-state index contributed by atoms with van der Waals surface area (Å²) >= 11 is 0. The molecule has 1 atom stereocenters. The molecule has 3 heteroatoms. The molecule has 0 rings (SSSR count). The van der Waals surface area contributed by atoms with Crippen molar-refractivity contribution >= 4 is 5.91 Å². The molecule has 0 heterocycles. The van der Waals surface area contributed by atoms with Crippen LogP contribution < -0.4 is 5.73 Å². The van der Waals surface area contributed by atoms with Crippen molar-refractivity contribution in [3.8, 4) is 0 Å². The molecule has 0 aromatic rings. The quantitative estimate of drug-likeness (QED) is 0.726. The van der Waals surface area contributed by atoms with Gasteiger partial charge in [-0.15, -0.1) is 0 Å². The van der Waals surface area contributed by atoms with Crippen LogP contribution in [-0.4, -0.2) is 29.9 Å². The Labute approximate surface area is 100 Å². The summed E-state index contributed by atoms with van der Waals surface area (Å²) < 4.78 is 0. The molecule has 16 heavy (non-hydrogen) atoms. The Kier molecular flexibility index (Phi) is 7.39.